The molecule has 9 nitrogen and oxygen atoms in total. The van der Waals surface area contributed by atoms with Crippen molar-refractivity contribution in [3.8, 4) is 11.5 Å². The molecule has 1 aliphatic rings. The minimum Gasteiger partial charge on any atom is -0.457 e. The van der Waals surface area contributed by atoms with Gasteiger partial charge in [-0.2, -0.15) is 0 Å². The molecule has 1 atom stereocenters. The fraction of sp³-hybridized carbons (Fsp3) is 0.448. The Balaban J connectivity index is 1.44. The highest BCUT2D eigenvalue weighted by atomic mass is 16.5. The van der Waals surface area contributed by atoms with Crippen molar-refractivity contribution < 1.29 is 19.0 Å². The van der Waals surface area contributed by atoms with Gasteiger partial charge in [-0.25, -0.2) is 0 Å². The van der Waals surface area contributed by atoms with Gasteiger partial charge in [0.25, 0.3) is 5.56 Å². The first-order valence-corrected chi connectivity index (χ1v) is 13.3. The number of amides is 1. The lowest BCUT2D eigenvalue weighted by molar-refractivity contribution is -0.122. The van der Waals surface area contributed by atoms with E-state index in [0.29, 0.717) is 37.6 Å². The first-order valence-electron chi connectivity index (χ1n) is 13.3. The molecule has 4 rings (SSSR count). The van der Waals surface area contributed by atoms with Crippen LogP contribution in [0.1, 0.15) is 19.4 Å². The van der Waals surface area contributed by atoms with Crippen LogP contribution in [0.5, 0.6) is 11.5 Å². The van der Waals surface area contributed by atoms with Gasteiger partial charge >= 0.3 is 0 Å². The number of hydrogen-bond donors (Lipinski definition) is 2. The smallest absolute Gasteiger partial charge is 0.255 e. The highest BCUT2D eigenvalue weighted by molar-refractivity contribution is 5.82. The van der Waals surface area contributed by atoms with E-state index in [2.05, 4.69) is 15.5 Å². The van der Waals surface area contributed by atoms with Crippen LogP contribution in [-0.4, -0.2) is 74.0 Å². The molecule has 38 heavy (non-hydrogen) atoms. The number of nitrogens with zero attached hydrogens (tertiary/aromatic N) is 2. The van der Waals surface area contributed by atoms with Crippen LogP contribution in [0, 0.1) is 0 Å². The average molecular weight is 523 g/mol. The molecular formula is C29H38N4O5. The van der Waals surface area contributed by atoms with E-state index in [-0.39, 0.29) is 18.0 Å². The van der Waals surface area contributed by atoms with Crippen LogP contribution in [-0.2, 0) is 27.4 Å². The number of pyridine rings is 1. The first-order chi connectivity index (χ1) is 18.5. The van der Waals surface area contributed by atoms with E-state index < -0.39 is 6.04 Å². The third-order valence-electron chi connectivity index (χ3n) is 6.61. The van der Waals surface area contributed by atoms with Gasteiger partial charge in [0.1, 0.15) is 11.5 Å². The van der Waals surface area contributed by atoms with Crippen molar-refractivity contribution in [1.29, 1.82) is 0 Å². The van der Waals surface area contributed by atoms with E-state index >= 15 is 0 Å². The number of ether oxygens (including phenoxy) is 3. The third-order valence-corrected chi connectivity index (χ3v) is 6.61. The summed E-state index contributed by atoms with van der Waals surface area (Å²) in [5.41, 5.74) is 1.26. The van der Waals surface area contributed by atoms with Crippen LogP contribution in [0.4, 0.5) is 0 Å². The van der Waals surface area contributed by atoms with Gasteiger partial charge in [0.2, 0.25) is 5.91 Å². The molecule has 0 aliphatic carbocycles. The Kier molecular flexibility index (Phi) is 10.3. The zero-order valence-electron chi connectivity index (χ0n) is 22.3. The molecule has 2 heterocycles. The van der Waals surface area contributed by atoms with Crippen molar-refractivity contribution in [3.63, 3.8) is 0 Å². The minimum absolute atomic E-state index is 0.0848. The zero-order chi connectivity index (χ0) is 26.7. The second-order valence-corrected chi connectivity index (χ2v) is 9.31. The van der Waals surface area contributed by atoms with Crippen LogP contribution >= 0.6 is 0 Å². The normalized spacial score (nSPS) is 14.9. The lowest BCUT2D eigenvalue weighted by Crippen LogP contribution is -2.46. The molecule has 0 spiro atoms. The fourth-order valence-electron chi connectivity index (χ4n) is 4.42. The number of hydrogen-bond acceptors (Lipinski definition) is 7. The van der Waals surface area contributed by atoms with E-state index in [4.69, 9.17) is 14.2 Å². The molecule has 2 N–H and O–H groups in total. The summed E-state index contributed by atoms with van der Waals surface area (Å²) >= 11 is 0. The Morgan fingerprint density at radius 1 is 1.05 bits per heavy atom. The van der Waals surface area contributed by atoms with Crippen molar-refractivity contribution >= 4 is 16.8 Å². The Morgan fingerprint density at radius 2 is 1.84 bits per heavy atom. The maximum Gasteiger partial charge on any atom is 0.255 e. The SMILES string of the molecule is CCOCCn1c(=O)c(CN[C@@H](C)C(=O)NCCN2CCOCC2)cc2ccc(Oc3ccccc3)cc21. The Labute approximate surface area is 223 Å². The van der Waals surface area contributed by atoms with Crippen LogP contribution in [0.2, 0.25) is 0 Å². The van der Waals surface area contributed by atoms with E-state index in [1.807, 2.05) is 68.4 Å². The highest BCUT2D eigenvalue weighted by Crippen LogP contribution is 2.25. The number of benzene rings is 2. The van der Waals surface area contributed by atoms with E-state index in [0.717, 1.165) is 49.5 Å². The van der Waals surface area contributed by atoms with Gasteiger partial charge in [0, 0.05) is 57.5 Å². The van der Waals surface area contributed by atoms with Gasteiger partial charge in [-0.3, -0.25) is 14.5 Å². The maximum atomic E-state index is 13.5. The zero-order valence-corrected chi connectivity index (χ0v) is 22.3. The van der Waals surface area contributed by atoms with Crippen molar-refractivity contribution in [3.05, 3.63) is 70.5 Å². The van der Waals surface area contributed by atoms with Crippen molar-refractivity contribution in [2.45, 2.75) is 33.0 Å². The van der Waals surface area contributed by atoms with Gasteiger partial charge < -0.3 is 29.4 Å². The quantitative estimate of drug-likeness (QED) is 0.334. The largest absolute Gasteiger partial charge is 0.457 e. The summed E-state index contributed by atoms with van der Waals surface area (Å²) in [5.74, 6) is 1.30. The van der Waals surface area contributed by atoms with Gasteiger partial charge in [0.05, 0.1) is 31.4 Å². The van der Waals surface area contributed by atoms with Crippen molar-refractivity contribution in [1.82, 2.24) is 20.1 Å². The number of nitrogens with one attached hydrogen (secondary N) is 2. The van der Waals surface area contributed by atoms with E-state index in [9.17, 15) is 9.59 Å². The second-order valence-electron chi connectivity index (χ2n) is 9.31. The molecule has 0 unspecified atom stereocenters. The number of aromatic nitrogens is 1. The van der Waals surface area contributed by atoms with Crippen LogP contribution in [0.3, 0.4) is 0 Å². The molecular weight excluding hydrogens is 484 g/mol. The number of carbonyl (C=O) groups is 1. The lowest BCUT2D eigenvalue weighted by atomic mass is 10.1. The molecule has 0 saturated carbocycles. The van der Waals surface area contributed by atoms with Crippen LogP contribution in [0.25, 0.3) is 10.9 Å². The van der Waals surface area contributed by atoms with Gasteiger partial charge in [0.15, 0.2) is 0 Å². The fourth-order valence-corrected chi connectivity index (χ4v) is 4.42. The summed E-state index contributed by atoms with van der Waals surface area (Å²) in [7, 11) is 0. The summed E-state index contributed by atoms with van der Waals surface area (Å²) in [6.45, 7) is 10.1. The highest BCUT2D eigenvalue weighted by Gasteiger charge is 2.16. The summed E-state index contributed by atoms with van der Waals surface area (Å²) in [6.07, 6.45) is 0. The van der Waals surface area contributed by atoms with Crippen LogP contribution in [0.15, 0.2) is 59.4 Å². The predicted octanol–water partition coefficient (Wildman–Crippen LogP) is 2.76. The molecule has 1 aromatic heterocycles. The summed E-state index contributed by atoms with van der Waals surface area (Å²) in [4.78, 5) is 28.4. The number of rotatable bonds is 13. The predicted molar refractivity (Wildman–Crippen MR) is 148 cm³/mol. The Bertz CT molecular complexity index is 1240. The molecule has 9 heteroatoms. The second kappa shape index (κ2) is 14.1. The van der Waals surface area contributed by atoms with E-state index in [1.165, 1.54) is 0 Å². The molecule has 1 amide bonds. The molecule has 3 aromatic rings. The molecule has 1 aliphatic heterocycles. The number of morpholine rings is 1. The van der Waals surface area contributed by atoms with Gasteiger partial charge in [-0.05, 0) is 49.6 Å². The number of fused-ring (bicyclic) bond motifs is 1. The van der Waals surface area contributed by atoms with Crippen molar-refractivity contribution in [2.75, 3.05) is 52.6 Å². The number of para-hydroxylation sites is 1. The molecule has 0 bridgehead atoms. The molecule has 2 aromatic carbocycles. The molecule has 1 fully saturated rings. The summed E-state index contributed by atoms with van der Waals surface area (Å²) < 4.78 is 18.6. The average Bonchev–Trinajstić information content (AvgIpc) is 2.94. The molecule has 1 saturated heterocycles. The van der Waals surface area contributed by atoms with Gasteiger partial charge in [-0.15, -0.1) is 0 Å². The third kappa shape index (κ3) is 7.64. The van der Waals surface area contributed by atoms with Gasteiger partial charge in [-0.1, -0.05) is 18.2 Å². The summed E-state index contributed by atoms with van der Waals surface area (Å²) in [5, 5.41) is 7.12. The maximum absolute atomic E-state index is 13.5. The lowest BCUT2D eigenvalue weighted by Gasteiger charge is -2.26. The van der Waals surface area contributed by atoms with E-state index in [1.54, 1.807) is 4.57 Å². The molecule has 0 radical (unpaired) electrons. The Hall–Kier alpha value is -3.24. The summed E-state index contributed by atoms with van der Waals surface area (Å²) in [6, 6.07) is 16.7. The monoisotopic (exact) mass is 522 g/mol. The topological polar surface area (TPSA) is 94.1 Å². The Morgan fingerprint density at radius 3 is 2.61 bits per heavy atom. The standard InChI is InChI=1S/C29H38N4O5/c1-3-36-18-15-33-27-20-26(38-25-7-5-4-6-8-25)10-9-23(27)19-24(29(33)35)21-31-22(2)28(34)30-11-12-32-13-16-37-17-14-32/h4-10,19-20,22,31H,3,11-18,21H2,1-2H3,(H,30,34)/t22-/m0/s1. The van der Waals surface area contributed by atoms with Crippen LogP contribution < -0.4 is 20.9 Å². The first kappa shape index (κ1) is 27.8. The number of carbonyl (C=O) groups excluding carboxylic acids is 1. The molecule has 204 valence electrons. The van der Waals surface area contributed by atoms with Crippen molar-refractivity contribution in [2.24, 2.45) is 0 Å². The minimum atomic E-state index is -0.437.